The Morgan fingerprint density at radius 1 is 1.00 bits per heavy atom. The van der Waals surface area contributed by atoms with Crippen LogP contribution < -0.4 is 17.1 Å². The molecule has 0 bridgehead atoms. The summed E-state index contributed by atoms with van der Waals surface area (Å²) >= 11 is 0. The fourth-order valence-corrected chi connectivity index (χ4v) is 2.69. The molecule has 0 spiro atoms. The molecule has 0 aromatic rings. The van der Waals surface area contributed by atoms with E-state index in [0.29, 0.717) is 6.54 Å². The topological polar surface area (TPSA) is 96.8 Å². The molecule has 1 saturated heterocycles. The van der Waals surface area contributed by atoms with E-state index in [1.807, 2.05) is 5.43 Å². The lowest BCUT2D eigenvalue weighted by Gasteiger charge is -2.26. The Hall–Kier alpha value is -0.890. The predicted octanol–water partition coefficient (Wildman–Crippen LogP) is 1.20. The van der Waals surface area contributed by atoms with Crippen LogP contribution in [0.5, 0.6) is 0 Å². The van der Waals surface area contributed by atoms with Crippen LogP contribution in [0, 0.1) is 0 Å². The first-order chi connectivity index (χ1) is 10.7. The van der Waals surface area contributed by atoms with Crippen molar-refractivity contribution in [2.45, 2.75) is 51.4 Å². The van der Waals surface area contributed by atoms with Crippen LogP contribution in [0.4, 0.5) is 4.79 Å². The number of nitrogens with zero attached hydrogens (tertiary/aromatic N) is 2. The van der Waals surface area contributed by atoms with Gasteiger partial charge in [0.15, 0.2) is 0 Å². The van der Waals surface area contributed by atoms with Crippen molar-refractivity contribution in [3.8, 4) is 0 Å². The maximum atomic E-state index is 11.0. The fourth-order valence-electron chi connectivity index (χ4n) is 2.69. The van der Waals surface area contributed by atoms with Gasteiger partial charge in [-0.2, -0.15) is 0 Å². The van der Waals surface area contributed by atoms with Crippen molar-refractivity contribution in [1.82, 2.24) is 15.3 Å². The van der Waals surface area contributed by atoms with Gasteiger partial charge in [0.25, 0.3) is 0 Å². The van der Waals surface area contributed by atoms with Gasteiger partial charge in [0.2, 0.25) is 0 Å². The summed E-state index contributed by atoms with van der Waals surface area (Å²) in [4.78, 5) is 13.5. The van der Waals surface area contributed by atoms with Crippen LogP contribution in [0.1, 0.15) is 51.4 Å². The zero-order valence-electron chi connectivity index (χ0n) is 13.8. The number of carbonyl (C=O) groups is 1. The summed E-state index contributed by atoms with van der Waals surface area (Å²) in [5, 5.41) is 1.13. The second kappa shape index (κ2) is 12.6. The fraction of sp³-hybridized carbons (Fsp3) is 0.933. The molecule has 7 heteroatoms. The standard InChI is InChI=1S/C15H33N5O2/c16-18-15(21)20(17)10-8-6-4-2-1-3-5-7-9-19-11-13-22-14-12-19/h1-14,16-17H2,(H,18,21). The maximum absolute atomic E-state index is 11.0. The molecule has 0 aromatic heterocycles. The number of hydrogen-bond donors (Lipinski definition) is 3. The smallest absolute Gasteiger partial charge is 0.345 e. The molecule has 0 saturated carbocycles. The van der Waals surface area contributed by atoms with Gasteiger partial charge in [0, 0.05) is 19.6 Å². The quantitative estimate of drug-likeness (QED) is 0.230. The molecule has 0 aromatic carbocycles. The molecule has 5 N–H and O–H groups in total. The third-order valence-electron chi connectivity index (χ3n) is 4.11. The van der Waals surface area contributed by atoms with E-state index in [-0.39, 0.29) is 0 Å². The van der Waals surface area contributed by atoms with Gasteiger partial charge in [0.1, 0.15) is 0 Å². The number of urea groups is 1. The largest absolute Gasteiger partial charge is 0.379 e. The molecular weight excluding hydrogens is 282 g/mol. The number of unbranched alkanes of at least 4 members (excludes halogenated alkanes) is 7. The van der Waals surface area contributed by atoms with Gasteiger partial charge in [-0.15, -0.1) is 0 Å². The average Bonchev–Trinajstić information content (AvgIpc) is 2.56. The summed E-state index contributed by atoms with van der Waals surface area (Å²) in [5.41, 5.74) is 2.02. The first-order valence-electron chi connectivity index (χ1n) is 8.57. The second-order valence-corrected chi connectivity index (χ2v) is 5.93. The summed E-state index contributed by atoms with van der Waals surface area (Å²) in [6, 6.07) is -0.430. The average molecular weight is 315 g/mol. The third kappa shape index (κ3) is 9.19. The lowest BCUT2D eigenvalue weighted by molar-refractivity contribution is 0.0371. The van der Waals surface area contributed by atoms with E-state index in [4.69, 9.17) is 16.4 Å². The van der Waals surface area contributed by atoms with Gasteiger partial charge in [-0.1, -0.05) is 38.5 Å². The summed E-state index contributed by atoms with van der Waals surface area (Å²) < 4.78 is 5.34. The molecule has 7 nitrogen and oxygen atoms in total. The molecule has 0 aliphatic carbocycles. The van der Waals surface area contributed by atoms with E-state index in [1.54, 1.807) is 0 Å². The predicted molar refractivity (Wildman–Crippen MR) is 87.8 cm³/mol. The Labute approximate surface area is 134 Å². The molecule has 0 radical (unpaired) electrons. The third-order valence-corrected chi connectivity index (χ3v) is 4.11. The van der Waals surface area contributed by atoms with E-state index in [2.05, 4.69) is 4.90 Å². The van der Waals surface area contributed by atoms with Crippen LogP contribution in [0.2, 0.25) is 0 Å². The van der Waals surface area contributed by atoms with Crippen LogP contribution in [0.3, 0.4) is 0 Å². The molecule has 1 aliphatic heterocycles. The van der Waals surface area contributed by atoms with Gasteiger partial charge in [-0.25, -0.2) is 16.5 Å². The Balaban J connectivity index is 1.79. The van der Waals surface area contributed by atoms with Crippen molar-refractivity contribution in [1.29, 1.82) is 0 Å². The molecular formula is C15H33N5O2. The van der Waals surface area contributed by atoms with Gasteiger partial charge < -0.3 is 4.74 Å². The number of nitrogens with one attached hydrogen (secondary N) is 1. The van der Waals surface area contributed by atoms with Crippen LogP contribution in [-0.2, 0) is 4.74 Å². The molecule has 1 aliphatic rings. The molecule has 130 valence electrons. The molecule has 2 amide bonds. The highest BCUT2D eigenvalue weighted by atomic mass is 16.5. The minimum atomic E-state index is -0.430. The summed E-state index contributed by atoms with van der Waals surface area (Å²) in [7, 11) is 0. The number of amides is 2. The van der Waals surface area contributed by atoms with Gasteiger partial charge in [-0.05, 0) is 19.4 Å². The number of ether oxygens (including phenoxy) is 1. The molecule has 1 fully saturated rings. The first-order valence-corrected chi connectivity index (χ1v) is 8.57. The number of carbonyl (C=O) groups excluding carboxylic acids is 1. The molecule has 1 rings (SSSR count). The van der Waals surface area contributed by atoms with E-state index in [9.17, 15) is 4.79 Å². The minimum absolute atomic E-state index is 0.430. The van der Waals surface area contributed by atoms with Crippen molar-refractivity contribution in [2.24, 2.45) is 11.7 Å². The lowest BCUT2D eigenvalue weighted by atomic mass is 10.1. The van der Waals surface area contributed by atoms with Gasteiger partial charge in [-0.3, -0.25) is 15.3 Å². The normalized spacial score (nSPS) is 15.7. The van der Waals surface area contributed by atoms with Crippen LogP contribution in [0.15, 0.2) is 0 Å². The molecule has 0 unspecified atom stereocenters. The second-order valence-electron chi connectivity index (χ2n) is 5.93. The van der Waals surface area contributed by atoms with Gasteiger partial charge in [0.05, 0.1) is 13.2 Å². The molecule has 1 heterocycles. The van der Waals surface area contributed by atoms with E-state index < -0.39 is 6.03 Å². The Kier molecular flexibility index (Phi) is 11.0. The maximum Gasteiger partial charge on any atom is 0.345 e. The zero-order chi connectivity index (χ0) is 16.0. The summed E-state index contributed by atoms with van der Waals surface area (Å²) in [5.74, 6) is 10.5. The Morgan fingerprint density at radius 3 is 2.14 bits per heavy atom. The number of hydrogen-bond acceptors (Lipinski definition) is 5. The van der Waals surface area contributed by atoms with E-state index in [1.165, 1.54) is 45.1 Å². The van der Waals surface area contributed by atoms with Crippen LogP contribution in [0.25, 0.3) is 0 Å². The van der Waals surface area contributed by atoms with Crippen molar-refractivity contribution in [3.05, 3.63) is 0 Å². The van der Waals surface area contributed by atoms with E-state index >= 15 is 0 Å². The number of nitrogens with two attached hydrogens (primary N) is 2. The summed E-state index contributed by atoms with van der Waals surface area (Å²) in [6.45, 7) is 5.77. The highest BCUT2D eigenvalue weighted by Gasteiger charge is 2.09. The first kappa shape index (κ1) is 19.2. The molecule has 0 atom stereocenters. The highest BCUT2D eigenvalue weighted by Crippen LogP contribution is 2.09. The van der Waals surface area contributed by atoms with Gasteiger partial charge >= 0.3 is 6.03 Å². The number of hydrazine groups is 2. The van der Waals surface area contributed by atoms with Crippen molar-refractivity contribution >= 4 is 6.03 Å². The lowest BCUT2D eigenvalue weighted by Crippen LogP contribution is -2.47. The highest BCUT2D eigenvalue weighted by molar-refractivity contribution is 5.72. The van der Waals surface area contributed by atoms with Crippen molar-refractivity contribution in [2.75, 3.05) is 39.4 Å². The van der Waals surface area contributed by atoms with E-state index in [0.717, 1.165) is 44.2 Å². The zero-order valence-corrected chi connectivity index (χ0v) is 13.8. The molecule has 22 heavy (non-hydrogen) atoms. The number of morpholine rings is 1. The Bertz CT molecular complexity index is 285. The van der Waals surface area contributed by atoms with Crippen LogP contribution >= 0.6 is 0 Å². The van der Waals surface area contributed by atoms with Crippen molar-refractivity contribution < 1.29 is 9.53 Å². The van der Waals surface area contributed by atoms with Crippen LogP contribution in [-0.4, -0.2) is 55.3 Å². The monoisotopic (exact) mass is 315 g/mol. The SMILES string of the molecule is NNC(=O)N(N)CCCCCCCCCCN1CCOCC1. The Morgan fingerprint density at radius 2 is 1.55 bits per heavy atom. The minimum Gasteiger partial charge on any atom is -0.379 e. The van der Waals surface area contributed by atoms with Crippen molar-refractivity contribution in [3.63, 3.8) is 0 Å². The number of rotatable bonds is 11. The summed E-state index contributed by atoms with van der Waals surface area (Å²) in [6.07, 6.45) is 9.77.